The average molecular weight is 520 g/mol. The summed E-state index contributed by atoms with van der Waals surface area (Å²) in [6, 6.07) is 9.20. The summed E-state index contributed by atoms with van der Waals surface area (Å²) >= 11 is 0. The maximum absolute atomic E-state index is 14.9. The molecule has 1 aliphatic rings. The number of nitrogens with zero attached hydrogens (tertiary/aromatic N) is 3. The Morgan fingerprint density at radius 2 is 1.97 bits per heavy atom. The van der Waals surface area contributed by atoms with Gasteiger partial charge in [-0.05, 0) is 54.4 Å². The molecule has 1 aromatic carbocycles. The van der Waals surface area contributed by atoms with Gasteiger partial charge >= 0.3 is 5.97 Å². The van der Waals surface area contributed by atoms with Crippen molar-refractivity contribution >= 4 is 11.5 Å². The SMILES string of the molecule is CCOC(=O)C[C@@H](C)c1cccc(OCc2cnc(-c3cc(OC)ncc3F)c(C3=CCCC3(C)C)n2)c1. The number of methoxy groups -OCH3 is 1. The number of rotatable bonds is 10. The van der Waals surface area contributed by atoms with Crippen molar-refractivity contribution in [2.75, 3.05) is 13.7 Å². The molecular weight excluding hydrogens is 485 g/mol. The smallest absolute Gasteiger partial charge is 0.306 e. The van der Waals surface area contributed by atoms with E-state index >= 15 is 0 Å². The highest BCUT2D eigenvalue weighted by molar-refractivity contribution is 5.80. The fraction of sp³-hybridized carbons (Fsp3) is 0.400. The van der Waals surface area contributed by atoms with Crippen LogP contribution < -0.4 is 9.47 Å². The lowest BCUT2D eigenvalue weighted by molar-refractivity contribution is -0.143. The van der Waals surface area contributed by atoms with E-state index in [4.69, 9.17) is 19.2 Å². The number of ether oxygens (including phenoxy) is 3. The summed E-state index contributed by atoms with van der Waals surface area (Å²) in [4.78, 5) is 25.4. The van der Waals surface area contributed by atoms with Crippen LogP contribution in [0.2, 0.25) is 0 Å². The molecule has 1 aliphatic carbocycles. The minimum Gasteiger partial charge on any atom is -0.487 e. The van der Waals surface area contributed by atoms with Gasteiger partial charge in [-0.25, -0.2) is 14.4 Å². The lowest BCUT2D eigenvalue weighted by Gasteiger charge is -2.24. The monoisotopic (exact) mass is 519 g/mol. The Hall–Kier alpha value is -3.81. The van der Waals surface area contributed by atoms with Crippen molar-refractivity contribution in [3.63, 3.8) is 0 Å². The fourth-order valence-corrected chi connectivity index (χ4v) is 4.65. The molecule has 0 N–H and O–H groups in total. The molecule has 0 amide bonds. The van der Waals surface area contributed by atoms with Gasteiger partial charge in [-0.2, -0.15) is 0 Å². The van der Waals surface area contributed by atoms with Crippen LogP contribution in [-0.2, 0) is 16.1 Å². The van der Waals surface area contributed by atoms with Crippen LogP contribution in [0, 0.1) is 11.2 Å². The minimum absolute atomic E-state index is 0.00735. The number of carbonyl (C=O) groups excluding carboxylic acids is 1. The Balaban J connectivity index is 1.61. The predicted octanol–water partition coefficient (Wildman–Crippen LogP) is 6.53. The molecule has 4 rings (SSSR count). The summed E-state index contributed by atoms with van der Waals surface area (Å²) in [5.74, 6) is 0.249. The second kappa shape index (κ2) is 11.7. The van der Waals surface area contributed by atoms with Crippen LogP contribution in [-0.4, -0.2) is 34.6 Å². The average Bonchev–Trinajstić information content (AvgIpc) is 3.26. The summed E-state index contributed by atoms with van der Waals surface area (Å²) < 4.78 is 31.3. The molecule has 0 radical (unpaired) electrons. The molecule has 0 saturated heterocycles. The van der Waals surface area contributed by atoms with E-state index in [2.05, 4.69) is 29.9 Å². The van der Waals surface area contributed by atoms with Gasteiger partial charge < -0.3 is 14.2 Å². The normalized spacial score (nSPS) is 15.1. The highest BCUT2D eigenvalue weighted by Gasteiger charge is 2.32. The van der Waals surface area contributed by atoms with Gasteiger partial charge in [0.1, 0.15) is 12.4 Å². The topological polar surface area (TPSA) is 83.4 Å². The molecule has 0 spiro atoms. The van der Waals surface area contributed by atoms with Gasteiger partial charge in [0.15, 0.2) is 5.82 Å². The Morgan fingerprint density at radius 1 is 1.16 bits per heavy atom. The number of esters is 1. The first-order valence-electron chi connectivity index (χ1n) is 12.9. The standard InChI is InChI=1S/C30H34FN3O4/c1-6-37-27(35)13-19(2)20-9-7-10-22(14-20)38-18-21-16-33-28(23-15-26(36-5)32-17-25(23)31)29(34-21)24-11-8-12-30(24,3)4/h7,9-11,14-17,19H,6,8,12-13,18H2,1-5H3/t19-/m1/s1. The van der Waals surface area contributed by atoms with Gasteiger partial charge in [0.25, 0.3) is 0 Å². The lowest BCUT2D eigenvalue weighted by Crippen LogP contribution is -2.13. The number of carbonyl (C=O) groups is 1. The van der Waals surface area contributed by atoms with E-state index in [1.165, 1.54) is 7.11 Å². The van der Waals surface area contributed by atoms with Crippen LogP contribution in [0.15, 0.2) is 48.8 Å². The Morgan fingerprint density at radius 3 is 2.68 bits per heavy atom. The van der Waals surface area contributed by atoms with Crippen LogP contribution in [0.1, 0.15) is 69.8 Å². The molecule has 38 heavy (non-hydrogen) atoms. The zero-order valence-electron chi connectivity index (χ0n) is 22.6. The van der Waals surface area contributed by atoms with Crippen molar-refractivity contribution in [2.45, 2.75) is 59.5 Å². The number of benzene rings is 1. The molecule has 0 bridgehead atoms. The molecule has 0 saturated carbocycles. The number of allylic oxidation sites excluding steroid dienone is 2. The van der Waals surface area contributed by atoms with E-state index in [1.807, 2.05) is 31.2 Å². The van der Waals surface area contributed by atoms with E-state index in [1.54, 1.807) is 19.2 Å². The maximum Gasteiger partial charge on any atom is 0.306 e. The summed E-state index contributed by atoms with van der Waals surface area (Å²) in [5, 5.41) is 0. The van der Waals surface area contributed by atoms with Crippen molar-refractivity contribution in [2.24, 2.45) is 5.41 Å². The van der Waals surface area contributed by atoms with Gasteiger partial charge in [0.05, 0.1) is 49.6 Å². The first-order valence-corrected chi connectivity index (χ1v) is 12.9. The van der Waals surface area contributed by atoms with Crippen LogP contribution >= 0.6 is 0 Å². The third kappa shape index (κ3) is 6.18. The van der Waals surface area contributed by atoms with E-state index in [-0.39, 0.29) is 23.9 Å². The zero-order valence-corrected chi connectivity index (χ0v) is 22.6. The first-order chi connectivity index (χ1) is 18.2. The summed E-state index contributed by atoms with van der Waals surface area (Å²) in [7, 11) is 1.49. The van der Waals surface area contributed by atoms with Crippen LogP contribution in [0.25, 0.3) is 16.8 Å². The maximum atomic E-state index is 14.9. The highest BCUT2D eigenvalue weighted by Crippen LogP contribution is 2.46. The molecule has 2 heterocycles. The summed E-state index contributed by atoms with van der Waals surface area (Å²) in [6.45, 7) is 8.65. The zero-order chi connectivity index (χ0) is 27.3. The number of hydrogen-bond acceptors (Lipinski definition) is 7. The van der Waals surface area contributed by atoms with Crippen LogP contribution in [0.3, 0.4) is 0 Å². The Kier molecular flexibility index (Phi) is 8.39. The number of halogens is 1. The van der Waals surface area contributed by atoms with Crippen LogP contribution in [0.4, 0.5) is 4.39 Å². The molecule has 1 atom stereocenters. The molecule has 0 aliphatic heterocycles. The second-order valence-electron chi connectivity index (χ2n) is 10.1. The number of hydrogen-bond donors (Lipinski definition) is 0. The molecule has 8 heteroatoms. The quantitative estimate of drug-likeness (QED) is 0.282. The Labute approximate surface area is 223 Å². The van der Waals surface area contributed by atoms with E-state index < -0.39 is 5.82 Å². The lowest BCUT2D eigenvalue weighted by atomic mass is 9.83. The van der Waals surface area contributed by atoms with Gasteiger partial charge in [-0.3, -0.25) is 9.78 Å². The molecule has 2 aromatic heterocycles. The van der Waals surface area contributed by atoms with Gasteiger partial charge in [-0.15, -0.1) is 0 Å². The number of pyridine rings is 1. The molecular formula is C30H34FN3O4. The molecule has 3 aromatic rings. The second-order valence-corrected chi connectivity index (χ2v) is 10.1. The van der Waals surface area contributed by atoms with Crippen molar-refractivity contribution in [1.29, 1.82) is 0 Å². The van der Waals surface area contributed by atoms with E-state index in [0.717, 1.165) is 30.2 Å². The number of aromatic nitrogens is 3. The van der Waals surface area contributed by atoms with Crippen molar-refractivity contribution in [1.82, 2.24) is 15.0 Å². The predicted molar refractivity (Wildman–Crippen MR) is 143 cm³/mol. The molecule has 0 unspecified atom stereocenters. The van der Waals surface area contributed by atoms with Crippen molar-refractivity contribution in [3.8, 4) is 22.9 Å². The fourth-order valence-electron chi connectivity index (χ4n) is 4.65. The van der Waals surface area contributed by atoms with E-state index in [9.17, 15) is 9.18 Å². The van der Waals surface area contributed by atoms with Gasteiger partial charge in [0, 0.05) is 11.6 Å². The van der Waals surface area contributed by atoms with Crippen molar-refractivity contribution in [3.05, 3.63) is 71.6 Å². The van der Waals surface area contributed by atoms with E-state index in [0.29, 0.717) is 47.3 Å². The largest absolute Gasteiger partial charge is 0.487 e. The first kappa shape index (κ1) is 27.2. The highest BCUT2D eigenvalue weighted by atomic mass is 19.1. The summed E-state index contributed by atoms with van der Waals surface area (Å²) in [5.41, 5.74) is 3.89. The minimum atomic E-state index is -0.490. The summed E-state index contributed by atoms with van der Waals surface area (Å²) in [6.07, 6.45) is 7.10. The Bertz CT molecular complexity index is 1340. The van der Waals surface area contributed by atoms with Gasteiger partial charge in [-0.1, -0.05) is 39.0 Å². The molecule has 200 valence electrons. The van der Waals surface area contributed by atoms with Crippen molar-refractivity contribution < 1.29 is 23.4 Å². The third-order valence-electron chi connectivity index (χ3n) is 6.81. The van der Waals surface area contributed by atoms with Gasteiger partial charge in [0.2, 0.25) is 5.88 Å². The third-order valence-corrected chi connectivity index (χ3v) is 6.81. The molecule has 0 fully saturated rings. The molecule has 7 nitrogen and oxygen atoms in total. The van der Waals surface area contributed by atoms with Crippen LogP contribution in [0.5, 0.6) is 11.6 Å².